The van der Waals surface area contributed by atoms with Gasteiger partial charge in [0.1, 0.15) is 5.75 Å². The van der Waals surface area contributed by atoms with Gasteiger partial charge < -0.3 is 14.6 Å². The van der Waals surface area contributed by atoms with Crippen LogP contribution in [0, 0.1) is 0 Å². The number of fused-ring (bicyclic) bond motifs is 1. The van der Waals surface area contributed by atoms with Gasteiger partial charge in [-0.3, -0.25) is 4.79 Å². The van der Waals surface area contributed by atoms with Crippen molar-refractivity contribution in [2.24, 2.45) is 5.10 Å². The summed E-state index contributed by atoms with van der Waals surface area (Å²) in [6.45, 7) is 6.38. The number of carbonyl (C=O) groups excluding carboxylic acids is 1. The van der Waals surface area contributed by atoms with E-state index in [1.165, 1.54) is 6.21 Å². The fourth-order valence-corrected chi connectivity index (χ4v) is 4.21. The van der Waals surface area contributed by atoms with Crippen LogP contribution in [0.15, 0.2) is 78.0 Å². The number of aromatic nitrogens is 1. The minimum atomic E-state index is -0.329. The number of nitrogens with one attached hydrogen (secondary N) is 1. The molecule has 4 aromatic rings. The van der Waals surface area contributed by atoms with Gasteiger partial charge in [-0.15, -0.1) is 0 Å². The second-order valence-electron chi connectivity index (χ2n) is 7.89. The Balaban J connectivity index is 1.54. The topological polar surface area (TPSA) is 69.9 Å². The Morgan fingerprint density at radius 3 is 2.56 bits per heavy atom. The molecule has 1 heterocycles. The third-order valence-electron chi connectivity index (χ3n) is 5.84. The molecule has 6 nitrogen and oxygen atoms in total. The summed E-state index contributed by atoms with van der Waals surface area (Å²) in [5, 5.41) is 16.0. The summed E-state index contributed by atoms with van der Waals surface area (Å²) >= 11 is 6.34. The molecule has 2 N–H and O–H groups in total. The van der Waals surface area contributed by atoms with E-state index in [0.29, 0.717) is 22.7 Å². The Morgan fingerprint density at radius 1 is 1.09 bits per heavy atom. The van der Waals surface area contributed by atoms with Crippen molar-refractivity contribution in [2.45, 2.75) is 20.4 Å². The summed E-state index contributed by atoms with van der Waals surface area (Å²) in [6.07, 6.45) is 3.26. The maximum atomic E-state index is 13.0. The Bertz CT molecular complexity index is 1340. The minimum Gasteiger partial charge on any atom is -0.507 e. The number of carbonyl (C=O) groups is 1. The number of rotatable bonds is 8. The van der Waals surface area contributed by atoms with E-state index >= 15 is 0 Å². The van der Waals surface area contributed by atoms with E-state index in [2.05, 4.69) is 29.3 Å². The SMILES string of the molecule is CCN(CC)c1ccc(/C=N/NC(=O)c2cn(Cc3ccccc3Cl)c3ccccc23)c(O)c1. The minimum absolute atomic E-state index is 0.110. The second-order valence-corrected chi connectivity index (χ2v) is 8.30. The number of hydrazone groups is 1. The highest BCUT2D eigenvalue weighted by Gasteiger charge is 2.15. The van der Waals surface area contributed by atoms with Crippen LogP contribution < -0.4 is 10.3 Å². The first kappa shape index (κ1) is 23.4. The van der Waals surface area contributed by atoms with Gasteiger partial charge in [0.25, 0.3) is 5.91 Å². The van der Waals surface area contributed by atoms with Crippen LogP contribution >= 0.6 is 11.6 Å². The number of anilines is 1. The smallest absolute Gasteiger partial charge is 0.273 e. The summed E-state index contributed by atoms with van der Waals surface area (Å²) < 4.78 is 2.01. The molecule has 0 aliphatic heterocycles. The predicted molar refractivity (Wildman–Crippen MR) is 139 cm³/mol. The molecule has 0 bridgehead atoms. The maximum absolute atomic E-state index is 13.0. The van der Waals surface area contributed by atoms with Crippen LogP contribution in [0.25, 0.3) is 10.9 Å². The Kier molecular flexibility index (Phi) is 7.18. The molecule has 0 unspecified atom stereocenters. The molecule has 3 aromatic carbocycles. The lowest BCUT2D eigenvalue weighted by Crippen LogP contribution is -2.21. The van der Waals surface area contributed by atoms with Gasteiger partial charge >= 0.3 is 0 Å². The first-order chi connectivity index (χ1) is 16.5. The van der Waals surface area contributed by atoms with E-state index in [-0.39, 0.29) is 11.7 Å². The lowest BCUT2D eigenvalue weighted by atomic mass is 10.1. The highest BCUT2D eigenvalue weighted by atomic mass is 35.5. The number of benzene rings is 3. The first-order valence-electron chi connectivity index (χ1n) is 11.2. The first-order valence-corrected chi connectivity index (χ1v) is 11.6. The average Bonchev–Trinajstić information content (AvgIpc) is 3.21. The fraction of sp³-hybridized carbons (Fsp3) is 0.185. The zero-order valence-electron chi connectivity index (χ0n) is 19.2. The third-order valence-corrected chi connectivity index (χ3v) is 6.21. The number of nitrogens with zero attached hydrogens (tertiary/aromatic N) is 3. The number of aromatic hydroxyl groups is 1. The van der Waals surface area contributed by atoms with Crippen LogP contribution in [-0.2, 0) is 6.54 Å². The van der Waals surface area contributed by atoms with E-state index in [1.807, 2.05) is 65.4 Å². The molecular formula is C27H27ClN4O2. The summed E-state index contributed by atoms with van der Waals surface area (Å²) in [5.41, 5.74) is 6.47. The number of phenolic OH excluding ortho intramolecular Hbond substituents is 1. The second kappa shape index (κ2) is 10.4. The molecule has 0 saturated carbocycles. The van der Waals surface area contributed by atoms with Crippen LogP contribution in [0.4, 0.5) is 5.69 Å². The zero-order valence-corrected chi connectivity index (χ0v) is 20.0. The van der Waals surface area contributed by atoms with Gasteiger partial charge in [0.15, 0.2) is 0 Å². The number of phenols is 1. The van der Waals surface area contributed by atoms with Crippen LogP contribution in [0.5, 0.6) is 5.75 Å². The highest BCUT2D eigenvalue weighted by Crippen LogP contribution is 2.25. The molecule has 4 rings (SSSR count). The summed E-state index contributed by atoms with van der Waals surface area (Å²) in [7, 11) is 0. The summed E-state index contributed by atoms with van der Waals surface area (Å²) in [6, 6.07) is 20.8. The average molecular weight is 475 g/mol. The largest absolute Gasteiger partial charge is 0.507 e. The van der Waals surface area contributed by atoms with Crippen molar-refractivity contribution < 1.29 is 9.90 Å². The Hall–Kier alpha value is -3.77. The molecule has 0 saturated heterocycles. The number of para-hydroxylation sites is 1. The molecule has 0 atom stereocenters. The molecule has 0 aliphatic rings. The van der Waals surface area contributed by atoms with Crippen LogP contribution in [0.3, 0.4) is 0 Å². The third kappa shape index (κ3) is 4.92. The van der Waals surface area contributed by atoms with Gasteiger partial charge in [0.2, 0.25) is 0 Å². The lowest BCUT2D eigenvalue weighted by Gasteiger charge is -2.21. The molecule has 0 aliphatic carbocycles. The quantitative estimate of drug-likeness (QED) is 0.256. The fourth-order valence-electron chi connectivity index (χ4n) is 4.02. The number of hydrogen-bond acceptors (Lipinski definition) is 4. The Morgan fingerprint density at radius 2 is 1.82 bits per heavy atom. The van der Waals surface area contributed by atoms with Gasteiger partial charge in [-0.05, 0) is 43.7 Å². The van der Waals surface area contributed by atoms with Crippen molar-refractivity contribution in [3.05, 3.63) is 94.6 Å². The summed E-state index contributed by atoms with van der Waals surface area (Å²) in [5.74, 6) is -0.219. The molecule has 7 heteroatoms. The highest BCUT2D eigenvalue weighted by molar-refractivity contribution is 6.31. The molecule has 1 aromatic heterocycles. The van der Waals surface area contributed by atoms with Crippen LogP contribution in [0.2, 0.25) is 5.02 Å². The van der Waals surface area contributed by atoms with Crippen LogP contribution in [-0.4, -0.2) is 34.9 Å². The van der Waals surface area contributed by atoms with E-state index in [0.717, 1.165) is 35.2 Å². The van der Waals surface area contributed by atoms with Gasteiger partial charge in [-0.1, -0.05) is 48.0 Å². The lowest BCUT2D eigenvalue weighted by molar-refractivity contribution is 0.0956. The van der Waals surface area contributed by atoms with Crippen molar-refractivity contribution in [1.82, 2.24) is 9.99 Å². The van der Waals surface area contributed by atoms with E-state index < -0.39 is 0 Å². The van der Waals surface area contributed by atoms with Gasteiger partial charge in [-0.25, -0.2) is 5.43 Å². The summed E-state index contributed by atoms with van der Waals surface area (Å²) in [4.78, 5) is 15.1. The van der Waals surface area contributed by atoms with Crippen LogP contribution in [0.1, 0.15) is 35.3 Å². The van der Waals surface area contributed by atoms with Crippen molar-refractivity contribution >= 4 is 40.3 Å². The number of amides is 1. The normalized spacial score (nSPS) is 11.3. The van der Waals surface area contributed by atoms with Crippen molar-refractivity contribution in [3.63, 3.8) is 0 Å². The number of halogens is 1. The van der Waals surface area contributed by atoms with Gasteiger partial charge in [0, 0.05) is 59.1 Å². The molecule has 1 amide bonds. The van der Waals surface area contributed by atoms with E-state index in [9.17, 15) is 9.90 Å². The molecule has 0 fully saturated rings. The van der Waals surface area contributed by atoms with Crippen molar-refractivity contribution in [3.8, 4) is 5.75 Å². The molecular weight excluding hydrogens is 448 g/mol. The predicted octanol–water partition coefficient (Wildman–Crippen LogP) is 5.66. The van der Waals surface area contributed by atoms with Gasteiger partial charge in [0.05, 0.1) is 11.8 Å². The molecule has 0 spiro atoms. The molecule has 34 heavy (non-hydrogen) atoms. The molecule has 174 valence electrons. The van der Waals surface area contributed by atoms with Crippen molar-refractivity contribution in [1.29, 1.82) is 0 Å². The van der Waals surface area contributed by atoms with Crippen molar-refractivity contribution in [2.75, 3.05) is 18.0 Å². The van der Waals surface area contributed by atoms with Gasteiger partial charge in [-0.2, -0.15) is 5.10 Å². The Labute approximate surface area is 204 Å². The monoisotopic (exact) mass is 474 g/mol. The number of hydrogen-bond donors (Lipinski definition) is 2. The standard InChI is InChI=1S/C27H27ClN4O2/c1-3-31(4-2)21-14-13-19(26(33)15-21)16-29-30-27(34)23-18-32(25-12-8-6-10-22(23)25)17-20-9-5-7-11-24(20)28/h5-16,18,33H,3-4,17H2,1-2H3,(H,30,34)/b29-16+. The molecule has 0 radical (unpaired) electrons. The maximum Gasteiger partial charge on any atom is 0.273 e. The van der Waals surface area contributed by atoms with E-state index in [1.54, 1.807) is 12.1 Å². The van der Waals surface area contributed by atoms with E-state index in [4.69, 9.17) is 11.6 Å². The zero-order chi connectivity index (χ0) is 24.1.